The Labute approximate surface area is 170 Å². The van der Waals surface area contributed by atoms with Crippen molar-refractivity contribution in [3.05, 3.63) is 59.7 Å². The lowest BCUT2D eigenvalue weighted by molar-refractivity contribution is -0.121. The number of Topliss-reactive ketones (excluding diaryl/α,β-unsaturated/α-hetero) is 1. The molecule has 0 spiro atoms. The van der Waals surface area contributed by atoms with Crippen LogP contribution in [0.25, 0.3) is 0 Å². The molecule has 2 aromatic rings. The van der Waals surface area contributed by atoms with E-state index in [1.807, 2.05) is 62.4 Å². The van der Waals surface area contributed by atoms with Gasteiger partial charge in [0.25, 0.3) is 0 Å². The molecule has 3 nitrogen and oxygen atoms in total. The van der Waals surface area contributed by atoms with Crippen LogP contribution in [-0.2, 0) is 4.79 Å². The van der Waals surface area contributed by atoms with Gasteiger partial charge < -0.3 is 9.47 Å². The van der Waals surface area contributed by atoms with Gasteiger partial charge in [-0.15, -0.1) is 0 Å². The summed E-state index contributed by atoms with van der Waals surface area (Å²) in [4.78, 5) is 13.0. The van der Waals surface area contributed by atoms with E-state index in [0.29, 0.717) is 0 Å². The first-order valence-electron chi connectivity index (χ1n) is 10.6. The van der Waals surface area contributed by atoms with Gasteiger partial charge in [0.05, 0.1) is 13.2 Å². The second kappa shape index (κ2) is 11.5. The van der Waals surface area contributed by atoms with Gasteiger partial charge in [0.1, 0.15) is 17.3 Å². The largest absolute Gasteiger partial charge is 0.494 e. The SMILES string of the molecule is CCCCOc1ccc(C(C)C(=O)C(C)c2ccc(OCCCC)cc2)cc1. The molecule has 0 aliphatic rings. The lowest BCUT2D eigenvalue weighted by Gasteiger charge is -2.18. The molecule has 0 fully saturated rings. The molecular weight excluding hydrogens is 348 g/mol. The molecule has 0 aliphatic carbocycles. The zero-order valence-corrected chi connectivity index (χ0v) is 17.7. The summed E-state index contributed by atoms with van der Waals surface area (Å²) in [7, 11) is 0. The molecule has 0 heterocycles. The maximum Gasteiger partial charge on any atom is 0.147 e. The minimum absolute atomic E-state index is 0.153. The van der Waals surface area contributed by atoms with Crippen LogP contribution >= 0.6 is 0 Å². The quantitative estimate of drug-likeness (QED) is 0.392. The maximum absolute atomic E-state index is 13.0. The summed E-state index contributed by atoms with van der Waals surface area (Å²) in [6, 6.07) is 15.8. The van der Waals surface area contributed by atoms with Crippen molar-refractivity contribution in [2.75, 3.05) is 13.2 Å². The number of benzene rings is 2. The number of unbranched alkanes of at least 4 members (excludes halogenated alkanes) is 2. The maximum atomic E-state index is 13.0. The Balaban J connectivity index is 1.95. The highest BCUT2D eigenvalue weighted by atomic mass is 16.5. The molecule has 0 amide bonds. The highest BCUT2D eigenvalue weighted by molar-refractivity contribution is 5.91. The fraction of sp³-hybridized carbons (Fsp3) is 0.480. The minimum Gasteiger partial charge on any atom is -0.494 e. The monoisotopic (exact) mass is 382 g/mol. The Kier molecular flexibility index (Phi) is 9.06. The summed E-state index contributed by atoms with van der Waals surface area (Å²) in [5.41, 5.74) is 2.05. The Morgan fingerprint density at radius 3 is 1.39 bits per heavy atom. The molecule has 2 aromatic carbocycles. The van der Waals surface area contributed by atoms with Gasteiger partial charge in [0.15, 0.2) is 0 Å². The van der Waals surface area contributed by atoms with Gasteiger partial charge in [0, 0.05) is 11.8 Å². The van der Waals surface area contributed by atoms with Crippen molar-refractivity contribution >= 4 is 5.78 Å². The second-order valence-corrected chi connectivity index (χ2v) is 7.39. The van der Waals surface area contributed by atoms with Gasteiger partial charge in [-0.25, -0.2) is 0 Å². The molecule has 2 unspecified atom stereocenters. The van der Waals surface area contributed by atoms with E-state index in [1.54, 1.807) is 0 Å². The van der Waals surface area contributed by atoms with Crippen molar-refractivity contribution in [2.24, 2.45) is 0 Å². The lowest BCUT2D eigenvalue weighted by Crippen LogP contribution is -2.16. The van der Waals surface area contributed by atoms with Gasteiger partial charge in [-0.2, -0.15) is 0 Å². The normalized spacial score (nSPS) is 13.0. The van der Waals surface area contributed by atoms with Crippen LogP contribution in [0.2, 0.25) is 0 Å². The van der Waals surface area contributed by atoms with E-state index >= 15 is 0 Å². The molecule has 0 saturated carbocycles. The Bertz CT molecular complexity index is 642. The Hall–Kier alpha value is -2.29. The average molecular weight is 383 g/mol. The Morgan fingerprint density at radius 2 is 1.07 bits per heavy atom. The summed E-state index contributed by atoms with van der Waals surface area (Å²) in [5, 5.41) is 0. The molecule has 0 radical (unpaired) electrons. The van der Waals surface area contributed by atoms with E-state index in [4.69, 9.17) is 9.47 Å². The van der Waals surface area contributed by atoms with E-state index in [-0.39, 0.29) is 17.6 Å². The summed E-state index contributed by atoms with van der Waals surface area (Å²) in [5.74, 6) is 1.65. The molecule has 28 heavy (non-hydrogen) atoms. The van der Waals surface area contributed by atoms with E-state index in [9.17, 15) is 4.79 Å². The highest BCUT2D eigenvalue weighted by Gasteiger charge is 2.23. The van der Waals surface area contributed by atoms with Crippen LogP contribution in [0.3, 0.4) is 0 Å². The van der Waals surface area contributed by atoms with Crippen LogP contribution < -0.4 is 9.47 Å². The molecule has 3 heteroatoms. The minimum atomic E-state index is -0.153. The molecule has 0 aromatic heterocycles. The van der Waals surface area contributed by atoms with Crippen LogP contribution in [0.5, 0.6) is 11.5 Å². The van der Waals surface area contributed by atoms with Crippen LogP contribution in [0.1, 0.15) is 76.3 Å². The zero-order valence-electron chi connectivity index (χ0n) is 17.7. The third-order valence-electron chi connectivity index (χ3n) is 5.15. The van der Waals surface area contributed by atoms with Crippen molar-refractivity contribution in [1.82, 2.24) is 0 Å². The number of ketones is 1. The van der Waals surface area contributed by atoms with E-state index < -0.39 is 0 Å². The van der Waals surface area contributed by atoms with Crippen LogP contribution in [-0.4, -0.2) is 19.0 Å². The highest BCUT2D eigenvalue weighted by Crippen LogP contribution is 2.28. The summed E-state index contributed by atoms with van der Waals surface area (Å²) in [6.07, 6.45) is 4.34. The van der Waals surface area contributed by atoms with Crippen LogP contribution in [0.15, 0.2) is 48.5 Å². The standard InChI is InChI=1S/C25H34O3/c1-5-7-17-27-23-13-9-21(10-14-23)19(3)25(26)20(4)22-11-15-24(16-12-22)28-18-8-6-2/h9-16,19-20H,5-8,17-18H2,1-4H3. The third kappa shape index (κ3) is 6.40. The zero-order chi connectivity index (χ0) is 20.4. The third-order valence-corrected chi connectivity index (χ3v) is 5.15. The molecule has 0 N–H and O–H groups in total. The Morgan fingerprint density at radius 1 is 0.714 bits per heavy atom. The van der Waals surface area contributed by atoms with E-state index in [0.717, 1.165) is 61.5 Å². The molecule has 2 atom stereocenters. The summed E-state index contributed by atoms with van der Waals surface area (Å²) in [6.45, 7) is 9.73. The molecule has 2 rings (SSSR count). The first kappa shape index (κ1) is 22.0. The first-order valence-corrected chi connectivity index (χ1v) is 10.6. The number of carbonyl (C=O) groups is 1. The van der Waals surface area contributed by atoms with Gasteiger partial charge in [-0.1, -0.05) is 64.8 Å². The van der Waals surface area contributed by atoms with Crippen LogP contribution in [0, 0.1) is 0 Å². The fourth-order valence-corrected chi connectivity index (χ4v) is 3.08. The smallest absolute Gasteiger partial charge is 0.147 e. The van der Waals surface area contributed by atoms with Gasteiger partial charge in [-0.05, 0) is 48.2 Å². The summed E-state index contributed by atoms with van der Waals surface area (Å²) < 4.78 is 11.4. The predicted molar refractivity (Wildman–Crippen MR) is 116 cm³/mol. The first-order chi connectivity index (χ1) is 13.6. The number of carbonyl (C=O) groups excluding carboxylic acids is 1. The molecule has 0 bridgehead atoms. The van der Waals surface area contributed by atoms with Crippen LogP contribution in [0.4, 0.5) is 0 Å². The van der Waals surface area contributed by atoms with Crippen molar-refractivity contribution in [3.63, 3.8) is 0 Å². The average Bonchev–Trinajstić information content (AvgIpc) is 2.73. The molecular formula is C25H34O3. The van der Waals surface area contributed by atoms with Gasteiger partial charge in [-0.3, -0.25) is 4.79 Å². The van der Waals surface area contributed by atoms with Crippen molar-refractivity contribution in [2.45, 2.75) is 65.2 Å². The number of ether oxygens (including phenoxy) is 2. The van der Waals surface area contributed by atoms with E-state index in [1.165, 1.54) is 0 Å². The molecule has 0 aliphatic heterocycles. The second-order valence-electron chi connectivity index (χ2n) is 7.39. The number of hydrogen-bond acceptors (Lipinski definition) is 3. The molecule has 0 saturated heterocycles. The number of hydrogen-bond donors (Lipinski definition) is 0. The van der Waals surface area contributed by atoms with Gasteiger partial charge >= 0.3 is 0 Å². The topological polar surface area (TPSA) is 35.5 Å². The van der Waals surface area contributed by atoms with Crippen molar-refractivity contribution < 1.29 is 14.3 Å². The predicted octanol–water partition coefficient (Wildman–Crippen LogP) is 6.52. The lowest BCUT2D eigenvalue weighted by atomic mass is 9.86. The van der Waals surface area contributed by atoms with Crippen molar-refractivity contribution in [1.29, 1.82) is 0 Å². The summed E-state index contributed by atoms with van der Waals surface area (Å²) >= 11 is 0. The van der Waals surface area contributed by atoms with Crippen molar-refractivity contribution in [3.8, 4) is 11.5 Å². The molecule has 152 valence electrons. The fourth-order valence-electron chi connectivity index (χ4n) is 3.08. The van der Waals surface area contributed by atoms with Gasteiger partial charge in [0.2, 0.25) is 0 Å². The number of rotatable bonds is 12. The van der Waals surface area contributed by atoms with E-state index in [2.05, 4.69) is 13.8 Å².